The fourth-order valence-electron chi connectivity index (χ4n) is 1.34. The van der Waals surface area contributed by atoms with Crippen LogP contribution in [-0.4, -0.2) is 27.0 Å². The molecule has 0 atom stereocenters. The van der Waals surface area contributed by atoms with Crippen molar-refractivity contribution in [2.24, 2.45) is 0 Å². The molecule has 0 N–H and O–H groups in total. The number of hydrogen-bond donors (Lipinski definition) is 0. The second-order valence-electron chi connectivity index (χ2n) is 4.16. The Morgan fingerprint density at radius 2 is 1.17 bits per heavy atom. The van der Waals surface area contributed by atoms with Crippen LogP contribution in [0, 0.1) is 0 Å². The summed E-state index contributed by atoms with van der Waals surface area (Å²) >= 11 is 0. The summed E-state index contributed by atoms with van der Waals surface area (Å²) in [7, 11) is -10.9. The Balaban J connectivity index is 3.72. The molecule has 14 heteroatoms. The lowest BCUT2D eigenvalue weighted by Gasteiger charge is -2.15. The van der Waals surface area contributed by atoms with Gasteiger partial charge in [-0.3, -0.25) is 0 Å². The molecule has 0 unspecified atom stereocenters. The number of rotatable bonds is 3. The van der Waals surface area contributed by atoms with Crippen molar-refractivity contribution < 1.29 is 47.7 Å². The van der Waals surface area contributed by atoms with E-state index in [0.29, 0.717) is 0 Å². The predicted octanol–water partition coefficient (Wildman–Crippen LogP) is 2.56. The van der Waals surface area contributed by atoms with Crippen LogP contribution in [0.15, 0.2) is 23.1 Å². The Hall–Kier alpha value is -1.41. The largest absolute Gasteiger partial charge is 0.416 e. The lowest BCUT2D eigenvalue weighted by atomic mass is 10.1. The van der Waals surface area contributed by atoms with Gasteiger partial charge in [-0.2, -0.15) is 26.3 Å². The quantitative estimate of drug-likeness (QED) is 0.589. The zero-order valence-corrected chi connectivity index (χ0v) is 12.4. The average molecular weight is 389 g/mol. The Labute approximate surface area is 125 Å². The molecule has 0 saturated carbocycles. The lowest BCUT2D eigenvalue weighted by molar-refractivity contribution is -0.143. The summed E-state index contributed by atoms with van der Waals surface area (Å²) in [6, 6.07) is -0.993. The molecule has 1 aromatic carbocycles. The van der Waals surface area contributed by atoms with Gasteiger partial charge in [0.15, 0.2) is 0 Å². The van der Waals surface area contributed by atoms with E-state index in [0.717, 1.165) is 0 Å². The third-order valence-electron chi connectivity index (χ3n) is 2.31. The summed E-state index contributed by atoms with van der Waals surface area (Å²) in [6.07, 6.45) is -10.7. The van der Waals surface area contributed by atoms with Crippen molar-refractivity contribution >= 4 is 20.0 Å². The Morgan fingerprint density at radius 1 is 0.826 bits per heavy atom. The number of halogens is 7. The Kier molecular flexibility index (Phi) is 4.77. The van der Waals surface area contributed by atoms with E-state index < -0.39 is 52.4 Å². The van der Waals surface area contributed by atoms with E-state index in [1.54, 1.807) is 0 Å². The first-order chi connectivity index (χ1) is 9.97. The first kappa shape index (κ1) is 19.6. The van der Waals surface area contributed by atoms with Crippen molar-refractivity contribution in [3.8, 4) is 0 Å². The van der Waals surface area contributed by atoms with Crippen LogP contribution in [0.3, 0.4) is 0 Å². The van der Waals surface area contributed by atoms with E-state index in [2.05, 4.69) is 0 Å². The topological polar surface area (TPSA) is 71.5 Å². The highest BCUT2D eigenvalue weighted by Gasteiger charge is 2.41. The minimum absolute atomic E-state index is 0.0584. The molecular formula is C9H6F7NO4S2. The van der Waals surface area contributed by atoms with Gasteiger partial charge < -0.3 is 0 Å². The van der Waals surface area contributed by atoms with Crippen LogP contribution in [0.2, 0.25) is 0 Å². The Bertz CT molecular complexity index is 779. The van der Waals surface area contributed by atoms with Gasteiger partial charge in [-0.1, -0.05) is 0 Å². The van der Waals surface area contributed by atoms with Crippen LogP contribution >= 0.6 is 0 Å². The van der Waals surface area contributed by atoms with Gasteiger partial charge in [-0.25, -0.2) is 16.8 Å². The van der Waals surface area contributed by atoms with Crippen LogP contribution in [0.4, 0.5) is 30.8 Å². The maximum atomic E-state index is 13.3. The van der Waals surface area contributed by atoms with Gasteiger partial charge in [-0.05, 0) is 18.2 Å². The van der Waals surface area contributed by atoms with E-state index in [1.807, 2.05) is 0 Å². The van der Waals surface area contributed by atoms with Crippen molar-refractivity contribution in [2.45, 2.75) is 17.2 Å². The maximum Gasteiger partial charge on any atom is 0.416 e. The molecule has 1 aromatic rings. The second kappa shape index (κ2) is 5.59. The van der Waals surface area contributed by atoms with Crippen molar-refractivity contribution in [1.82, 2.24) is 3.93 Å². The van der Waals surface area contributed by atoms with E-state index >= 15 is 0 Å². The summed E-state index contributed by atoms with van der Waals surface area (Å²) in [5.41, 5.74) is -4.07. The van der Waals surface area contributed by atoms with Crippen molar-refractivity contribution in [2.75, 3.05) is 6.26 Å². The number of sulfonamides is 2. The molecule has 0 aliphatic carbocycles. The lowest BCUT2D eigenvalue weighted by Crippen LogP contribution is -2.29. The zero-order chi connectivity index (χ0) is 18.4. The highest BCUT2D eigenvalue weighted by molar-refractivity contribution is 8.03. The molecule has 0 spiro atoms. The van der Waals surface area contributed by atoms with E-state index in [9.17, 15) is 47.7 Å². The highest BCUT2D eigenvalue weighted by atomic mass is 32.3. The number of hydrogen-bond acceptors (Lipinski definition) is 4. The van der Waals surface area contributed by atoms with E-state index in [4.69, 9.17) is 0 Å². The number of nitrogens with zero attached hydrogens (tertiary/aromatic N) is 1. The van der Waals surface area contributed by atoms with E-state index in [1.165, 1.54) is 0 Å². The molecule has 1 rings (SSSR count). The number of benzene rings is 1. The molecule has 0 saturated heterocycles. The van der Waals surface area contributed by atoms with Crippen LogP contribution in [0.25, 0.3) is 0 Å². The fourth-order valence-corrected chi connectivity index (χ4v) is 3.74. The maximum absolute atomic E-state index is 13.3. The SMILES string of the molecule is CS(=O)(=O)N(F)S(=O)(=O)c1cc(C(F)(F)F)cc(C(F)(F)F)c1. The first-order valence-corrected chi connectivity index (χ1v) is 8.47. The molecule has 0 fully saturated rings. The van der Waals surface area contributed by atoms with E-state index in [-0.39, 0.29) is 24.5 Å². The standard InChI is InChI=1S/C9H6F7NO4S2/c1-22(18,19)17(16)23(20,21)7-3-5(8(10,11)12)2-6(4-7)9(13,14)15/h2-4H,1H3. The van der Waals surface area contributed by atoms with Crippen molar-refractivity contribution in [3.63, 3.8) is 0 Å². The highest BCUT2D eigenvalue weighted by Crippen LogP contribution is 2.38. The van der Waals surface area contributed by atoms with Gasteiger partial charge in [0.2, 0.25) is 0 Å². The number of alkyl halides is 6. The van der Waals surface area contributed by atoms with Crippen LogP contribution in [-0.2, 0) is 32.4 Å². The second-order valence-corrected chi connectivity index (χ2v) is 7.92. The third-order valence-corrected chi connectivity index (χ3v) is 5.44. The summed E-state index contributed by atoms with van der Waals surface area (Å²) in [6.45, 7) is 0. The van der Waals surface area contributed by atoms with Gasteiger partial charge >= 0.3 is 12.4 Å². The van der Waals surface area contributed by atoms with Gasteiger partial charge in [-0.15, -0.1) is 4.48 Å². The molecular weight excluding hydrogens is 383 g/mol. The molecule has 0 radical (unpaired) electrons. The summed E-state index contributed by atoms with van der Waals surface area (Å²) in [5.74, 6) is 0. The van der Waals surface area contributed by atoms with Gasteiger partial charge in [0.05, 0.1) is 26.2 Å². The molecule has 23 heavy (non-hydrogen) atoms. The average Bonchev–Trinajstić information content (AvgIpc) is 2.34. The molecule has 0 aromatic heterocycles. The predicted molar refractivity (Wildman–Crippen MR) is 61.4 cm³/mol. The van der Waals surface area contributed by atoms with Gasteiger partial charge in [0, 0.05) is 0 Å². The minimum atomic E-state index is -5.78. The van der Waals surface area contributed by atoms with Crippen LogP contribution in [0.5, 0.6) is 0 Å². The van der Waals surface area contributed by atoms with Crippen molar-refractivity contribution in [3.05, 3.63) is 29.3 Å². The summed E-state index contributed by atoms with van der Waals surface area (Å²) in [5, 5.41) is 0. The van der Waals surface area contributed by atoms with Crippen LogP contribution in [0.1, 0.15) is 11.1 Å². The Morgan fingerprint density at radius 3 is 1.43 bits per heavy atom. The smallest absolute Gasteiger partial charge is 0.209 e. The molecule has 0 aliphatic rings. The fraction of sp³-hybridized carbons (Fsp3) is 0.333. The van der Waals surface area contributed by atoms with Gasteiger partial charge in [0.25, 0.3) is 20.0 Å². The molecule has 132 valence electrons. The van der Waals surface area contributed by atoms with Crippen molar-refractivity contribution in [1.29, 1.82) is 0 Å². The third kappa shape index (κ3) is 4.32. The normalized spacial score (nSPS) is 14.3. The molecule has 0 amide bonds. The summed E-state index contributed by atoms with van der Waals surface area (Å²) in [4.78, 5) is -1.81. The van der Waals surface area contributed by atoms with Gasteiger partial charge in [0.1, 0.15) is 0 Å². The monoisotopic (exact) mass is 389 g/mol. The molecule has 5 nitrogen and oxygen atoms in total. The zero-order valence-electron chi connectivity index (χ0n) is 10.8. The molecule has 0 heterocycles. The molecule has 0 bridgehead atoms. The molecule has 0 aliphatic heterocycles. The minimum Gasteiger partial charge on any atom is -0.209 e. The first-order valence-electron chi connectivity index (χ1n) is 5.18. The summed E-state index contributed by atoms with van der Waals surface area (Å²) < 4.78 is 132. The van der Waals surface area contributed by atoms with Crippen LogP contribution < -0.4 is 0 Å².